The molecule has 1 atom stereocenters. The molecule has 1 fully saturated rings. The molecule has 29 heavy (non-hydrogen) atoms. The van der Waals surface area contributed by atoms with E-state index in [9.17, 15) is 23.5 Å². The number of benzene rings is 2. The van der Waals surface area contributed by atoms with Crippen LogP contribution in [0.5, 0.6) is 0 Å². The first-order valence-corrected chi connectivity index (χ1v) is 9.31. The molecule has 146 valence electrons. The van der Waals surface area contributed by atoms with Gasteiger partial charge in [0.1, 0.15) is 28.4 Å². The van der Waals surface area contributed by atoms with Gasteiger partial charge in [-0.1, -0.05) is 29.5 Å². The van der Waals surface area contributed by atoms with Crippen molar-refractivity contribution in [1.29, 1.82) is 0 Å². The molecule has 1 aliphatic rings. The molecule has 0 radical (unpaired) electrons. The normalized spacial score (nSPS) is 18.4. The van der Waals surface area contributed by atoms with E-state index in [1.807, 2.05) is 0 Å². The largest absolute Gasteiger partial charge is 0.507 e. The summed E-state index contributed by atoms with van der Waals surface area (Å²) in [7, 11) is 0. The van der Waals surface area contributed by atoms with Gasteiger partial charge in [0.05, 0.1) is 5.57 Å². The fourth-order valence-corrected chi connectivity index (χ4v) is 3.88. The summed E-state index contributed by atoms with van der Waals surface area (Å²) in [6.07, 6.45) is 0. The average molecular weight is 413 g/mol. The summed E-state index contributed by atoms with van der Waals surface area (Å²) in [5.74, 6) is -3.67. The lowest BCUT2D eigenvalue weighted by Gasteiger charge is -2.22. The Morgan fingerprint density at radius 2 is 1.76 bits per heavy atom. The van der Waals surface area contributed by atoms with Crippen molar-refractivity contribution in [1.82, 2.24) is 10.2 Å². The number of aromatic nitrogens is 2. The van der Waals surface area contributed by atoms with Gasteiger partial charge in [-0.3, -0.25) is 14.5 Å². The highest BCUT2D eigenvalue weighted by Gasteiger charge is 2.49. The maximum absolute atomic E-state index is 14.6. The molecule has 2 aromatic carbocycles. The summed E-state index contributed by atoms with van der Waals surface area (Å²) in [6, 6.07) is 9.16. The molecule has 3 aromatic rings. The van der Waals surface area contributed by atoms with Crippen molar-refractivity contribution in [2.24, 2.45) is 0 Å². The minimum Gasteiger partial charge on any atom is -0.507 e. The maximum Gasteiger partial charge on any atom is 0.301 e. The van der Waals surface area contributed by atoms with Gasteiger partial charge in [-0.15, -0.1) is 10.2 Å². The number of hydrogen-bond acceptors (Lipinski definition) is 6. The van der Waals surface area contributed by atoms with Crippen molar-refractivity contribution >= 4 is 33.9 Å². The highest BCUT2D eigenvalue weighted by Crippen LogP contribution is 2.43. The Balaban J connectivity index is 1.97. The number of ketones is 1. The number of amides is 1. The Morgan fingerprint density at radius 1 is 1.07 bits per heavy atom. The summed E-state index contributed by atoms with van der Waals surface area (Å²) < 4.78 is 27.9. The third kappa shape index (κ3) is 3.19. The number of anilines is 1. The van der Waals surface area contributed by atoms with Gasteiger partial charge in [-0.25, -0.2) is 8.78 Å². The number of aliphatic hydroxyl groups is 1. The van der Waals surface area contributed by atoms with Crippen LogP contribution in [0.15, 0.2) is 54.1 Å². The van der Waals surface area contributed by atoms with Crippen LogP contribution in [0.25, 0.3) is 5.76 Å². The van der Waals surface area contributed by atoms with Crippen LogP contribution in [-0.4, -0.2) is 27.0 Å². The molecule has 9 heteroatoms. The van der Waals surface area contributed by atoms with Crippen LogP contribution >= 0.6 is 11.3 Å². The lowest BCUT2D eigenvalue weighted by Crippen LogP contribution is -2.29. The molecular weight excluding hydrogens is 400 g/mol. The Morgan fingerprint density at radius 3 is 2.38 bits per heavy atom. The molecule has 0 saturated carbocycles. The average Bonchev–Trinajstić information content (AvgIpc) is 3.23. The van der Waals surface area contributed by atoms with Gasteiger partial charge in [0.25, 0.3) is 5.78 Å². The molecule has 2 heterocycles. The number of Topliss-reactive ketones (excluding diaryl/α,β-unsaturated/α-hetero) is 1. The number of carbonyl (C=O) groups excluding carboxylic acids is 2. The highest BCUT2D eigenvalue weighted by atomic mass is 32.1. The van der Waals surface area contributed by atoms with E-state index in [1.165, 1.54) is 30.3 Å². The molecule has 0 spiro atoms. The van der Waals surface area contributed by atoms with Crippen molar-refractivity contribution in [3.8, 4) is 0 Å². The Kier molecular flexibility index (Phi) is 4.67. The fourth-order valence-electron chi connectivity index (χ4n) is 3.17. The van der Waals surface area contributed by atoms with E-state index in [4.69, 9.17) is 0 Å². The van der Waals surface area contributed by atoms with E-state index >= 15 is 0 Å². The lowest BCUT2D eigenvalue weighted by atomic mass is 9.95. The van der Waals surface area contributed by atoms with Crippen LogP contribution in [0.3, 0.4) is 0 Å². The number of aryl methyl sites for hydroxylation is 1. The lowest BCUT2D eigenvalue weighted by molar-refractivity contribution is -0.132. The minimum atomic E-state index is -1.24. The number of carbonyl (C=O) groups is 2. The second kappa shape index (κ2) is 7.17. The molecule has 4 rings (SSSR count). The number of nitrogens with zero attached hydrogens (tertiary/aromatic N) is 3. The summed E-state index contributed by atoms with van der Waals surface area (Å²) in [5, 5.41) is 19.2. The molecule has 0 aliphatic carbocycles. The molecule has 0 unspecified atom stereocenters. The van der Waals surface area contributed by atoms with E-state index < -0.39 is 35.1 Å². The zero-order valence-electron chi connectivity index (χ0n) is 15.0. The van der Waals surface area contributed by atoms with Crippen LogP contribution in [0.2, 0.25) is 0 Å². The second-order valence-corrected chi connectivity index (χ2v) is 7.46. The molecule has 1 amide bonds. The van der Waals surface area contributed by atoms with Crippen molar-refractivity contribution in [2.75, 3.05) is 4.90 Å². The topological polar surface area (TPSA) is 83.4 Å². The van der Waals surface area contributed by atoms with Gasteiger partial charge in [-0.05, 0) is 37.3 Å². The number of halogens is 2. The summed E-state index contributed by atoms with van der Waals surface area (Å²) >= 11 is 1.06. The van der Waals surface area contributed by atoms with Crippen molar-refractivity contribution in [3.05, 3.63) is 81.9 Å². The number of hydrogen-bond donors (Lipinski definition) is 1. The smallest absolute Gasteiger partial charge is 0.301 e. The summed E-state index contributed by atoms with van der Waals surface area (Å²) in [4.78, 5) is 26.6. The van der Waals surface area contributed by atoms with Crippen LogP contribution in [-0.2, 0) is 9.59 Å². The number of rotatable bonds is 3. The monoisotopic (exact) mass is 413 g/mol. The first kappa shape index (κ1) is 18.9. The first-order valence-electron chi connectivity index (χ1n) is 8.50. The van der Waals surface area contributed by atoms with E-state index in [0.29, 0.717) is 5.01 Å². The fraction of sp³-hybridized carbons (Fsp3) is 0.100. The SMILES string of the molecule is Cc1nnc(N2C(=O)C(=O)/C(=C(/O)c3ccc(F)cc3)[C@@H]2c2ccccc2F)s1. The Labute approximate surface area is 167 Å². The predicted octanol–water partition coefficient (Wildman–Crippen LogP) is 3.75. The van der Waals surface area contributed by atoms with E-state index in [-0.39, 0.29) is 21.8 Å². The predicted molar refractivity (Wildman–Crippen MR) is 102 cm³/mol. The van der Waals surface area contributed by atoms with Crippen LogP contribution in [0, 0.1) is 18.6 Å². The Bertz CT molecular complexity index is 1160. The molecular formula is C20H13F2N3O3S. The van der Waals surface area contributed by atoms with Crippen LogP contribution in [0.4, 0.5) is 13.9 Å². The highest BCUT2D eigenvalue weighted by molar-refractivity contribution is 7.15. The van der Waals surface area contributed by atoms with Crippen molar-refractivity contribution in [3.63, 3.8) is 0 Å². The standard InChI is InChI=1S/C20H13F2N3O3S/c1-10-23-24-20(29-10)25-16(13-4-2-3-5-14(13)22)15(18(27)19(25)28)17(26)11-6-8-12(21)9-7-11/h2-9,16,26H,1H3/b17-15+/t16-/m0/s1. The Hall–Kier alpha value is -3.46. The maximum atomic E-state index is 14.6. The van der Waals surface area contributed by atoms with Gasteiger partial charge in [0.15, 0.2) is 0 Å². The molecule has 0 bridgehead atoms. The van der Waals surface area contributed by atoms with E-state index in [0.717, 1.165) is 28.4 Å². The second-order valence-electron chi connectivity index (χ2n) is 6.30. The first-order chi connectivity index (χ1) is 13.9. The zero-order chi connectivity index (χ0) is 20.7. The van der Waals surface area contributed by atoms with Gasteiger partial charge < -0.3 is 5.11 Å². The van der Waals surface area contributed by atoms with Crippen molar-refractivity contribution in [2.45, 2.75) is 13.0 Å². The van der Waals surface area contributed by atoms with E-state index in [1.54, 1.807) is 13.0 Å². The number of aliphatic hydroxyl groups excluding tert-OH is 1. The van der Waals surface area contributed by atoms with Gasteiger partial charge in [0.2, 0.25) is 5.13 Å². The molecule has 1 N–H and O–H groups in total. The van der Waals surface area contributed by atoms with Gasteiger partial charge >= 0.3 is 5.91 Å². The van der Waals surface area contributed by atoms with E-state index in [2.05, 4.69) is 10.2 Å². The molecule has 1 saturated heterocycles. The summed E-state index contributed by atoms with van der Waals surface area (Å²) in [6.45, 7) is 1.67. The zero-order valence-corrected chi connectivity index (χ0v) is 15.8. The van der Waals surface area contributed by atoms with Crippen molar-refractivity contribution < 1.29 is 23.5 Å². The summed E-state index contributed by atoms with van der Waals surface area (Å²) in [5.41, 5.74) is -0.165. The van der Waals surface area contributed by atoms with Crippen LogP contribution in [0.1, 0.15) is 22.2 Å². The molecule has 1 aromatic heterocycles. The quantitative estimate of drug-likeness (QED) is 0.402. The molecule has 1 aliphatic heterocycles. The molecule has 6 nitrogen and oxygen atoms in total. The van der Waals surface area contributed by atoms with Crippen LogP contribution < -0.4 is 4.90 Å². The third-order valence-electron chi connectivity index (χ3n) is 4.48. The van der Waals surface area contributed by atoms with Gasteiger partial charge in [-0.2, -0.15) is 0 Å². The van der Waals surface area contributed by atoms with Gasteiger partial charge in [0, 0.05) is 11.1 Å². The minimum absolute atomic E-state index is 0.0169. The third-order valence-corrected chi connectivity index (χ3v) is 5.32.